The zero-order valence-electron chi connectivity index (χ0n) is 10.3. The number of hydrogen-bond acceptors (Lipinski definition) is 5. The highest BCUT2D eigenvalue weighted by Gasteiger charge is 2.12. The van der Waals surface area contributed by atoms with Crippen LogP contribution >= 0.6 is 23.2 Å². The Morgan fingerprint density at radius 1 is 1.24 bits per heavy atom. The molecule has 0 aliphatic heterocycles. The molecule has 0 unspecified atom stereocenters. The molecule has 0 atom stereocenters. The molecule has 2 aromatic heterocycles. The van der Waals surface area contributed by atoms with Gasteiger partial charge in [0.25, 0.3) is 11.9 Å². The maximum Gasteiger partial charge on any atom is 0.278 e. The Hall–Kier alpha value is -2.45. The lowest BCUT2D eigenvalue weighted by Crippen LogP contribution is -2.14. The van der Waals surface area contributed by atoms with E-state index >= 15 is 0 Å². The van der Waals surface area contributed by atoms with Crippen LogP contribution in [0.5, 0.6) is 0 Å². The molecule has 0 radical (unpaired) electrons. The second kappa shape index (κ2) is 5.51. The first-order valence-electron chi connectivity index (χ1n) is 5.69. The highest BCUT2D eigenvalue weighted by molar-refractivity contribution is 6.42. The third kappa shape index (κ3) is 2.86. The molecular formula is C11H7Cl2N7O. The van der Waals surface area contributed by atoms with Crippen molar-refractivity contribution in [1.82, 2.24) is 30.4 Å². The van der Waals surface area contributed by atoms with Crippen molar-refractivity contribution < 1.29 is 4.79 Å². The number of nitrogens with zero attached hydrogens (tertiary/aromatic N) is 5. The van der Waals surface area contributed by atoms with E-state index in [4.69, 9.17) is 23.2 Å². The summed E-state index contributed by atoms with van der Waals surface area (Å²) in [6.45, 7) is 0. The SMILES string of the molecule is O=C(Nc1nn[nH]n1)c1ccn(-c2ccc(Cl)c(Cl)c2)n1. The van der Waals surface area contributed by atoms with Gasteiger partial charge in [-0.25, -0.2) is 4.68 Å². The second-order valence-electron chi connectivity index (χ2n) is 3.93. The Morgan fingerprint density at radius 3 is 2.81 bits per heavy atom. The van der Waals surface area contributed by atoms with Gasteiger partial charge >= 0.3 is 0 Å². The molecule has 0 aliphatic rings. The summed E-state index contributed by atoms with van der Waals surface area (Å²) in [5.41, 5.74) is 0.883. The third-order valence-corrected chi connectivity index (χ3v) is 3.30. The molecule has 0 spiro atoms. The second-order valence-corrected chi connectivity index (χ2v) is 4.75. The van der Waals surface area contributed by atoms with Crippen LogP contribution in [0.3, 0.4) is 0 Å². The van der Waals surface area contributed by atoms with Gasteiger partial charge in [-0.15, -0.1) is 5.10 Å². The molecular weight excluding hydrogens is 317 g/mol. The normalized spacial score (nSPS) is 10.6. The average molecular weight is 324 g/mol. The molecule has 0 fully saturated rings. The summed E-state index contributed by atoms with van der Waals surface area (Å²) < 4.78 is 1.51. The van der Waals surface area contributed by atoms with Crippen LogP contribution in [0.2, 0.25) is 10.0 Å². The Balaban J connectivity index is 1.82. The fourth-order valence-electron chi connectivity index (χ4n) is 1.60. The fraction of sp³-hybridized carbons (Fsp3) is 0. The van der Waals surface area contributed by atoms with Gasteiger partial charge in [-0.3, -0.25) is 10.1 Å². The lowest BCUT2D eigenvalue weighted by molar-refractivity contribution is 0.102. The molecule has 2 N–H and O–H groups in total. The minimum absolute atomic E-state index is 0.0732. The molecule has 8 nitrogen and oxygen atoms in total. The summed E-state index contributed by atoms with van der Waals surface area (Å²) in [6, 6.07) is 6.59. The standard InChI is InChI=1S/C11H7Cl2N7O/c12-7-2-1-6(5-8(7)13)20-4-3-9(17-20)10(21)14-11-15-18-19-16-11/h1-5H,(H2,14,15,16,18,19,21). The lowest BCUT2D eigenvalue weighted by Gasteiger charge is -2.03. The van der Waals surface area contributed by atoms with Crippen LogP contribution in [-0.4, -0.2) is 36.3 Å². The molecule has 10 heteroatoms. The van der Waals surface area contributed by atoms with Crippen molar-refractivity contribution in [3.8, 4) is 5.69 Å². The number of tetrazole rings is 1. The topological polar surface area (TPSA) is 101 Å². The molecule has 0 saturated carbocycles. The van der Waals surface area contributed by atoms with Gasteiger partial charge < -0.3 is 0 Å². The van der Waals surface area contributed by atoms with Gasteiger partial charge in [-0.1, -0.05) is 28.3 Å². The minimum Gasteiger partial charge on any atom is -0.286 e. The maximum absolute atomic E-state index is 11.9. The Morgan fingerprint density at radius 2 is 2.10 bits per heavy atom. The fourth-order valence-corrected chi connectivity index (χ4v) is 1.89. The first kappa shape index (κ1) is 13.5. The van der Waals surface area contributed by atoms with E-state index in [0.29, 0.717) is 15.7 Å². The van der Waals surface area contributed by atoms with Gasteiger partial charge in [-0.05, 0) is 29.5 Å². The molecule has 0 saturated heterocycles. The van der Waals surface area contributed by atoms with Crippen molar-refractivity contribution >= 4 is 35.1 Å². The maximum atomic E-state index is 11.9. The van der Waals surface area contributed by atoms with Crippen LogP contribution in [0.1, 0.15) is 10.5 Å². The van der Waals surface area contributed by atoms with Gasteiger partial charge in [0.05, 0.1) is 15.7 Å². The Kier molecular flexibility index (Phi) is 3.55. The van der Waals surface area contributed by atoms with Gasteiger partial charge in [0.1, 0.15) is 0 Å². The summed E-state index contributed by atoms with van der Waals surface area (Å²) in [4.78, 5) is 11.9. The average Bonchev–Trinajstić information content (AvgIpc) is 3.12. The van der Waals surface area contributed by atoms with Crippen LogP contribution in [-0.2, 0) is 0 Å². The van der Waals surface area contributed by atoms with E-state index in [1.165, 1.54) is 4.68 Å². The molecule has 2 heterocycles. The minimum atomic E-state index is -0.449. The summed E-state index contributed by atoms with van der Waals surface area (Å²) >= 11 is 11.8. The van der Waals surface area contributed by atoms with Crippen LogP contribution in [0, 0.1) is 0 Å². The Bertz CT molecular complexity index is 784. The van der Waals surface area contributed by atoms with Crippen molar-refractivity contribution in [3.63, 3.8) is 0 Å². The van der Waals surface area contributed by atoms with E-state index in [1.54, 1.807) is 30.5 Å². The number of hydrogen-bond donors (Lipinski definition) is 2. The van der Waals surface area contributed by atoms with Crippen LogP contribution in [0.25, 0.3) is 5.69 Å². The molecule has 106 valence electrons. The molecule has 3 rings (SSSR count). The largest absolute Gasteiger partial charge is 0.286 e. The summed E-state index contributed by atoms with van der Waals surface area (Å²) in [7, 11) is 0. The number of carbonyl (C=O) groups excluding carboxylic acids is 1. The van der Waals surface area contributed by atoms with E-state index < -0.39 is 5.91 Å². The van der Waals surface area contributed by atoms with Crippen molar-refractivity contribution in [2.24, 2.45) is 0 Å². The molecule has 21 heavy (non-hydrogen) atoms. The monoisotopic (exact) mass is 323 g/mol. The number of aromatic amines is 1. The number of nitrogens with one attached hydrogen (secondary N) is 2. The molecule has 1 aromatic carbocycles. The number of aromatic nitrogens is 6. The molecule has 0 aliphatic carbocycles. The van der Waals surface area contributed by atoms with E-state index in [1.807, 2.05) is 0 Å². The molecule has 1 amide bonds. The van der Waals surface area contributed by atoms with E-state index in [9.17, 15) is 4.79 Å². The highest BCUT2D eigenvalue weighted by atomic mass is 35.5. The summed E-state index contributed by atoms with van der Waals surface area (Å²) in [6.07, 6.45) is 1.63. The summed E-state index contributed by atoms with van der Waals surface area (Å²) in [5, 5.41) is 20.3. The van der Waals surface area contributed by atoms with Crippen molar-refractivity contribution in [2.45, 2.75) is 0 Å². The summed E-state index contributed by atoms with van der Waals surface area (Å²) in [5.74, 6) is -0.376. The van der Waals surface area contributed by atoms with Crippen molar-refractivity contribution in [3.05, 3.63) is 46.2 Å². The lowest BCUT2D eigenvalue weighted by atomic mass is 10.3. The van der Waals surface area contributed by atoms with Crippen LogP contribution in [0.15, 0.2) is 30.5 Å². The Labute approximate surface area is 128 Å². The van der Waals surface area contributed by atoms with Gasteiger partial charge in [0, 0.05) is 6.20 Å². The smallest absolute Gasteiger partial charge is 0.278 e. The van der Waals surface area contributed by atoms with Crippen molar-refractivity contribution in [2.75, 3.05) is 5.32 Å². The number of rotatable bonds is 3. The van der Waals surface area contributed by atoms with Crippen LogP contribution in [0.4, 0.5) is 5.95 Å². The third-order valence-electron chi connectivity index (χ3n) is 2.56. The predicted octanol–water partition coefficient (Wildman–Crippen LogP) is 1.94. The first-order chi connectivity index (χ1) is 10.1. The van der Waals surface area contributed by atoms with E-state index in [2.05, 4.69) is 31.0 Å². The molecule has 0 bridgehead atoms. The number of amides is 1. The van der Waals surface area contributed by atoms with Gasteiger partial charge in [0.15, 0.2) is 5.69 Å². The molecule has 3 aromatic rings. The number of halogens is 2. The quantitative estimate of drug-likeness (QED) is 0.767. The number of anilines is 1. The van der Waals surface area contributed by atoms with E-state index in [0.717, 1.165) is 0 Å². The van der Waals surface area contributed by atoms with E-state index in [-0.39, 0.29) is 11.6 Å². The highest BCUT2D eigenvalue weighted by Crippen LogP contribution is 2.24. The van der Waals surface area contributed by atoms with Crippen molar-refractivity contribution in [1.29, 1.82) is 0 Å². The number of benzene rings is 1. The zero-order valence-corrected chi connectivity index (χ0v) is 11.8. The van der Waals surface area contributed by atoms with Gasteiger partial charge in [-0.2, -0.15) is 10.3 Å². The predicted molar refractivity (Wildman–Crippen MR) is 75.7 cm³/mol. The van der Waals surface area contributed by atoms with Crippen LogP contribution < -0.4 is 5.32 Å². The number of H-pyrrole nitrogens is 1. The zero-order chi connectivity index (χ0) is 14.8. The number of carbonyl (C=O) groups is 1. The van der Waals surface area contributed by atoms with Gasteiger partial charge in [0.2, 0.25) is 0 Å². The first-order valence-corrected chi connectivity index (χ1v) is 6.45.